The highest BCUT2D eigenvalue weighted by atomic mass is 79.9. The van der Waals surface area contributed by atoms with Gasteiger partial charge < -0.3 is 14.0 Å². The Bertz CT molecular complexity index is 796. The van der Waals surface area contributed by atoms with Crippen LogP contribution < -0.4 is 0 Å². The summed E-state index contributed by atoms with van der Waals surface area (Å²) in [6.07, 6.45) is 0. The number of aryl methyl sites for hydroxylation is 2. The summed E-state index contributed by atoms with van der Waals surface area (Å²) in [6.45, 7) is 4.39. The number of nitrogens with zero attached hydrogens (tertiary/aromatic N) is 2. The molecule has 0 aliphatic rings. The van der Waals surface area contributed by atoms with E-state index >= 15 is 0 Å². The van der Waals surface area contributed by atoms with Gasteiger partial charge in [-0.05, 0) is 44.3 Å². The maximum Gasteiger partial charge on any atom is 0.214 e. The molecule has 1 N–H and O–H groups in total. The molecule has 2 heterocycles. The molecule has 0 bridgehead atoms. The van der Waals surface area contributed by atoms with Gasteiger partial charge in [-0.25, -0.2) is 4.98 Å². The van der Waals surface area contributed by atoms with E-state index in [0.717, 1.165) is 27.0 Å². The van der Waals surface area contributed by atoms with Crippen LogP contribution in [-0.2, 0) is 6.54 Å². The Hall–Kier alpha value is -1.40. The van der Waals surface area contributed by atoms with Gasteiger partial charge >= 0.3 is 0 Å². The molecule has 4 nitrogen and oxygen atoms in total. The van der Waals surface area contributed by atoms with Gasteiger partial charge in [0.05, 0.1) is 16.7 Å². The molecule has 0 unspecified atom stereocenters. The Kier molecular flexibility index (Phi) is 3.06. The standard InChI is InChI=1S/C13H12BrN3OS/c1-7-8(2)18-12(15-7)6-17-11-4-3-9(14)5-10(11)16-13(17)19/h3-5H,6H2,1-2H3,(H,16,19). The monoisotopic (exact) mass is 337 g/mol. The van der Waals surface area contributed by atoms with E-state index in [2.05, 4.69) is 25.9 Å². The van der Waals surface area contributed by atoms with Crippen molar-refractivity contribution in [1.29, 1.82) is 0 Å². The van der Waals surface area contributed by atoms with Crippen LogP contribution in [0.25, 0.3) is 11.0 Å². The van der Waals surface area contributed by atoms with E-state index in [1.165, 1.54) is 0 Å². The van der Waals surface area contributed by atoms with Crippen LogP contribution in [0.15, 0.2) is 27.1 Å². The van der Waals surface area contributed by atoms with Crippen molar-refractivity contribution in [3.63, 3.8) is 0 Å². The van der Waals surface area contributed by atoms with Crippen molar-refractivity contribution in [1.82, 2.24) is 14.5 Å². The lowest BCUT2D eigenvalue weighted by Gasteiger charge is -2.00. The maximum atomic E-state index is 5.61. The molecule has 19 heavy (non-hydrogen) atoms. The SMILES string of the molecule is Cc1nc(Cn2c(=S)[nH]c3cc(Br)ccc32)oc1C. The number of H-pyrrole nitrogens is 1. The van der Waals surface area contributed by atoms with Crippen molar-refractivity contribution < 1.29 is 4.42 Å². The molecule has 0 radical (unpaired) electrons. The van der Waals surface area contributed by atoms with Gasteiger partial charge in [0.25, 0.3) is 0 Å². The minimum absolute atomic E-state index is 0.537. The van der Waals surface area contributed by atoms with Gasteiger partial charge in [0.15, 0.2) is 4.77 Å². The van der Waals surface area contributed by atoms with E-state index in [1.54, 1.807) is 0 Å². The Morgan fingerprint density at radius 1 is 1.42 bits per heavy atom. The van der Waals surface area contributed by atoms with Gasteiger partial charge in [-0.15, -0.1) is 0 Å². The predicted molar refractivity (Wildman–Crippen MR) is 79.9 cm³/mol. The van der Waals surface area contributed by atoms with Crippen LogP contribution >= 0.6 is 28.1 Å². The van der Waals surface area contributed by atoms with Crippen LogP contribution in [0.3, 0.4) is 0 Å². The molecule has 98 valence electrons. The summed E-state index contributed by atoms with van der Waals surface area (Å²) < 4.78 is 9.29. The number of imidazole rings is 1. The molecular formula is C13H12BrN3OS. The average Bonchev–Trinajstić information content (AvgIpc) is 2.81. The van der Waals surface area contributed by atoms with Gasteiger partial charge in [0, 0.05) is 4.47 Å². The zero-order chi connectivity index (χ0) is 13.6. The molecule has 0 atom stereocenters. The number of nitrogens with one attached hydrogen (secondary N) is 1. The molecule has 0 saturated heterocycles. The number of aromatic amines is 1. The highest BCUT2D eigenvalue weighted by Gasteiger charge is 2.10. The molecule has 3 aromatic rings. The Labute approximate surface area is 123 Å². The summed E-state index contributed by atoms with van der Waals surface area (Å²) >= 11 is 8.81. The Balaban J connectivity index is 2.10. The van der Waals surface area contributed by atoms with Crippen molar-refractivity contribution in [3.8, 4) is 0 Å². The molecule has 1 aromatic carbocycles. The molecule has 3 rings (SSSR count). The third-order valence-electron chi connectivity index (χ3n) is 3.10. The molecule has 0 fully saturated rings. The zero-order valence-corrected chi connectivity index (χ0v) is 12.9. The number of rotatable bonds is 2. The molecule has 0 saturated carbocycles. The summed E-state index contributed by atoms with van der Waals surface area (Å²) in [5, 5.41) is 0. The highest BCUT2D eigenvalue weighted by Crippen LogP contribution is 2.21. The van der Waals surface area contributed by atoms with Crippen LogP contribution in [0.4, 0.5) is 0 Å². The van der Waals surface area contributed by atoms with Crippen molar-refractivity contribution in [3.05, 3.63) is 44.8 Å². The van der Waals surface area contributed by atoms with E-state index in [4.69, 9.17) is 16.6 Å². The van der Waals surface area contributed by atoms with E-state index in [-0.39, 0.29) is 0 Å². The van der Waals surface area contributed by atoms with Crippen LogP contribution in [0.2, 0.25) is 0 Å². The lowest BCUT2D eigenvalue weighted by Crippen LogP contribution is -1.99. The number of hydrogen-bond donors (Lipinski definition) is 1. The minimum atomic E-state index is 0.537. The molecule has 6 heteroatoms. The summed E-state index contributed by atoms with van der Waals surface area (Å²) in [5.74, 6) is 1.53. The van der Waals surface area contributed by atoms with E-state index in [1.807, 2.05) is 36.6 Å². The van der Waals surface area contributed by atoms with E-state index in [9.17, 15) is 0 Å². The maximum absolute atomic E-state index is 5.61. The molecular weight excluding hydrogens is 326 g/mol. The van der Waals surface area contributed by atoms with Crippen molar-refractivity contribution in [2.45, 2.75) is 20.4 Å². The van der Waals surface area contributed by atoms with Gasteiger partial charge in [-0.3, -0.25) is 0 Å². The van der Waals surface area contributed by atoms with Gasteiger partial charge in [-0.2, -0.15) is 0 Å². The number of aromatic nitrogens is 3. The largest absolute Gasteiger partial charge is 0.444 e. The normalized spacial score (nSPS) is 11.3. The third kappa shape index (κ3) is 2.26. The summed E-state index contributed by atoms with van der Waals surface area (Å²) in [4.78, 5) is 7.58. The minimum Gasteiger partial charge on any atom is -0.444 e. The number of benzene rings is 1. The fourth-order valence-corrected chi connectivity index (χ4v) is 2.67. The lowest BCUT2D eigenvalue weighted by molar-refractivity contribution is 0.458. The second-order valence-corrected chi connectivity index (χ2v) is 5.73. The first-order chi connectivity index (χ1) is 9.04. The van der Waals surface area contributed by atoms with Crippen LogP contribution in [0.5, 0.6) is 0 Å². The molecule has 2 aromatic heterocycles. The fraction of sp³-hybridized carbons (Fsp3) is 0.231. The number of oxazole rings is 1. The van der Waals surface area contributed by atoms with E-state index < -0.39 is 0 Å². The molecule has 0 spiro atoms. The lowest BCUT2D eigenvalue weighted by atomic mass is 10.3. The highest BCUT2D eigenvalue weighted by molar-refractivity contribution is 9.10. The van der Waals surface area contributed by atoms with Gasteiger partial charge in [0.1, 0.15) is 12.3 Å². The second-order valence-electron chi connectivity index (χ2n) is 4.43. The first-order valence-electron chi connectivity index (χ1n) is 5.85. The van der Waals surface area contributed by atoms with Crippen molar-refractivity contribution in [2.75, 3.05) is 0 Å². The number of hydrogen-bond acceptors (Lipinski definition) is 3. The predicted octanol–water partition coefficient (Wildman–Crippen LogP) is 4.11. The van der Waals surface area contributed by atoms with Crippen molar-refractivity contribution >= 4 is 39.2 Å². The first-order valence-corrected chi connectivity index (χ1v) is 7.05. The Morgan fingerprint density at radius 2 is 2.21 bits per heavy atom. The fourth-order valence-electron chi connectivity index (χ4n) is 2.03. The van der Waals surface area contributed by atoms with Gasteiger partial charge in [0.2, 0.25) is 5.89 Å². The van der Waals surface area contributed by atoms with Crippen molar-refractivity contribution in [2.24, 2.45) is 0 Å². The summed E-state index contributed by atoms with van der Waals surface area (Å²) in [5.41, 5.74) is 2.96. The number of halogens is 1. The second kappa shape index (κ2) is 4.61. The van der Waals surface area contributed by atoms with Gasteiger partial charge in [-0.1, -0.05) is 15.9 Å². The van der Waals surface area contributed by atoms with Crippen LogP contribution in [0, 0.1) is 18.6 Å². The third-order valence-corrected chi connectivity index (χ3v) is 3.92. The first kappa shape index (κ1) is 12.6. The van der Waals surface area contributed by atoms with E-state index in [0.29, 0.717) is 17.2 Å². The summed E-state index contributed by atoms with van der Waals surface area (Å²) in [6, 6.07) is 6.02. The topological polar surface area (TPSA) is 46.8 Å². The summed E-state index contributed by atoms with van der Waals surface area (Å²) in [7, 11) is 0. The number of fused-ring (bicyclic) bond motifs is 1. The zero-order valence-electron chi connectivity index (χ0n) is 10.5. The molecule has 0 amide bonds. The average molecular weight is 338 g/mol. The Morgan fingerprint density at radius 3 is 2.89 bits per heavy atom. The quantitative estimate of drug-likeness (QED) is 0.715. The van der Waals surface area contributed by atoms with Crippen LogP contribution in [0.1, 0.15) is 17.3 Å². The molecule has 0 aliphatic carbocycles. The smallest absolute Gasteiger partial charge is 0.214 e. The molecule has 0 aliphatic heterocycles. The van der Waals surface area contributed by atoms with Crippen LogP contribution in [-0.4, -0.2) is 14.5 Å².